The van der Waals surface area contributed by atoms with Crippen LogP contribution in [0.4, 0.5) is 0 Å². The molecule has 2 aliphatic rings. The highest BCUT2D eigenvalue weighted by Gasteiger charge is 2.51. The average molecular weight is 1280 g/mol. The van der Waals surface area contributed by atoms with Crippen LogP contribution >= 0.6 is 0 Å². The molecule has 2 saturated heterocycles. The Morgan fingerprint density at radius 1 is 0.407 bits per heavy atom. The fraction of sp³-hybridized carbons (Fsp3) is 0.753. The first-order valence-corrected chi connectivity index (χ1v) is 36.6. The maximum absolute atomic E-state index is 13.3. The monoisotopic (exact) mass is 1280 g/mol. The van der Waals surface area contributed by atoms with E-state index < -0.39 is 86.8 Å². The third-order valence-corrected chi connectivity index (χ3v) is 17.2. The molecular weight excluding hydrogens is 1150 g/mol. The van der Waals surface area contributed by atoms with Crippen molar-refractivity contribution < 1.29 is 64.6 Å². The lowest BCUT2D eigenvalue weighted by molar-refractivity contribution is -0.359. The van der Waals surface area contributed by atoms with Crippen LogP contribution in [0.15, 0.2) is 109 Å². The fourth-order valence-corrected chi connectivity index (χ4v) is 11.4. The summed E-state index contributed by atoms with van der Waals surface area (Å²) < 4.78 is 22.8. The van der Waals surface area contributed by atoms with E-state index >= 15 is 0 Å². The fourth-order valence-electron chi connectivity index (χ4n) is 11.4. The zero-order valence-corrected chi connectivity index (χ0v) is 57.1. The second-order valence-corrected chi connectivity index (χ2v) is 25.3. The van der Waals surface area contributed by atoms with Crippen LogP contribution in [0, 0.1) is 0 Å². The summed E-state index contributed by atoms with van der Waals surface area (Å²) in [5.74, 6) is -0.270. The number of unbranched alkanes of at least 4 members (excludes halogenated alkanes) is 30. The van der Waals surface area contributed by atoms with Crippen molar-refractivity contribution in [1.29, 1.82) is 0 Å². The van der Waals surface area contributed by atoms with Crippen molar-refractivity contribution in [2.75, 3.05) is 19.8 Å². The Hall–Kier alpha value is -3.35. The van der Waals surface area contributed by atoms with E-state index in [1.165, 1.54) is 154 Å². The lowest BCUT2D eigenvalue weighted by Crippen LogP contribution is -2.65. The third kappa shape index (κ3) is 44.1. The van der Waals surface area contributed by atoms with E-state index in [1.54, 1.807) is 6.08 Å². The van der Waals surface area contributed by atoms with E-state index in [2.05, 4.69) is 116 Å². The molecule has 12 atom stereocenters. The highest BCUT2D eigenvalue weighted by atomic mass is 16.7. The van der Waals surface area contributed by atoms with Gasteiger partial charge < -0.3 is 65.1 Å². The van der Waals surface area contributed by atoms with E-state index in [1.807, 2.05) is 6.08 Å². The largest absolute Gasteiger partial charge is 0.394 e. The molecule has 2 aliphatic heterocycles. The van der Waals surface area contributed by atoms with E-state index in [9.17, 15) is 45.6 Å². The van der Waals surface area contributed by atoms with Crippen molar-refractivity contribution in [2.24, 2.45) is 0 Å². The Kier molecular flexibility index (Phi) is 55.5. The van der Waals surface area contributed by atoms with Crippen LogP contribution < -0.4 is 5.32 Å². The Balaban J connectivity index is 1.70. The third-order valence-electron chi connectivity index (χ3n) is 17.2. The van der Waals surface area contributed by atoms with Crippen LogP contribution in [0.5, 0.6) is 0 Å². The number of ether oxygens (including phenoxy) is 4. The summed E-state index contributed by atoms with van der Waals surface area (Å²) in [6.07, 6.45) is 70.1. The maximum atomic E-state index is 13.3. The van der Waals surface area contributed by atoms with Crippen molar-refractivity contribution in [3.63, 3.8) is 0 Å². The van der Waals surface area contributed by atoms with Gasteiger partial charge in [-0.05, 0) is 89.9 Å². The minimum atomic E-state index is -1.80. The highest BCUT2D eigenvalue weighted by Crippen LogP contribution is 2.30. The van der Waals surface area contributed by atoms with Gasteiger partial charge in [0.25, 0.3) is 0 Å². The minimum absolute atomic E-state index is 0.244. The molecule has 0 saturated carbocycles. The van der Waals surface area contributed by atoms with Crippen LogP contribution in [-0.4, -0.2) is 140 Å². The normalized spacial score (nSPS) is 23.5. The molecule has 2 fully saturated rings. The first-order valence-electron chi connectivity index (χ1n) is 36.6. The number of carbonyl (C=O) groups is 1. The van der Waals surface area contributed by atoms with Gasteiger partial charge in [-0.2, -0.15) is 0 Å². The summed E-state index contributed by atoms with van der Waals surface area (Å²) in [6, 6.07) is -0.953. The van der Waals surface area contributed by atoms with Crippen molar-refractivity contribution in [3.8, 4) is 0 Å². The Bertz CT molecular complexity index is 1950. The van der Waals surface area contributed by atoms with Gasteiger partial charge in [0.1, 0.15) is 48.8 Å². The van der Waals surface area contributed by atoms with Crippen molar-refractivity contribution in [3.05, 3.63) is 109 Å². The summed E-state index contributed by atoms with van der Waals surface area (Å²) in [4.78, 5) is 13.3. The number of rotatable bonds is 59. The molecule has 9 N–H and O–H groups in total. The van der Waals surface area contributed by atoms with E-state index in [4.69, 9.17) is 18.9 Å². The summed E-state index contributed by atoms with van der Waals surface area (Å²) in [5.41, 5.74) is 0. The first-order chi connectivity index (χ1) is 44.6. The van der Waals surface area contributed by atoms with Gasteiger partial charge in [0.2, 0.25) is 5.91 Å². The number of carbonyl (C=O) groups excluding carboxylic acids is 1. The van der Waals surface area contributed by atoms with Crippen LogP contribution in [0.1, 0.15) is 277 Å². The number of hydrogen-bond acceptors (Lipinski definition) is 13. The van der Waals surface area contributed by atoms with Crippen molar-refractivity contribution in [2.45, 2.75) is 351 Å². The smallest absolute Gasteiger partial charge is 0.220 e. The Morgan fingerprint density at radius 2 is 0.769 bits per heavy atom. The lowest BCUT2D eigenvalue weighted by atomic mass is 9.97. The van der Waals surface area contributed by atoms with Gasteiger partial charge in [-0.25, -0.2) is 0 Å². The molecule has 91 heavy (non-hydrogen) atoms. The maximum Gasteiger partial charge on any atom is 0.220 e. The van der Waals surface area contributed by atoms with Gasteiger partial charge in [-0.1, -0.05) is 290 Å². The van der Waals surface area contributed by atoms with Crippen LogP contribution in [0.3, 0.4) is 0 Å². The SMILES string of the molecule is CC/C=C\C/C=C\C/C=C\C/C=C\C/C=C\C/C=C\C/C=C\CCCCCCCC(=O)NC(COC1OC(CO)C(OC2OC(CO)C(O)C(O)C2O)C(O)C1O)C(O)/C=C/CC/C=C/CCCCCCCCCCCCCCCCCCCCCCCCCC. The summed E-state index contributed by atoms with van der Waals surface area (Å²) in [5, 5.41) is 87.5. The molecular formula is C77H133NO13. The van der Waals surface area contributed by atoms with Crippen LogP contribution in [0.2, 0.25) is 0 Å². The molecule has 0 aromatic carbocycles. The summed E-state index contributed by atoms with van der Waals surface area (Å²) in [6.45, 7) is 2.67. The Labute approximate surface area is 553 Å². The molecule has 12 unspecified atom stereocenters. The number of nitrogens with one attached hydrogen (secondary N) is 1. The summed E-state index contributed by atoms with van der Waals surface area (Å²) >= 11 is 0. The molecule has 2 heterocycles. The lowest BCUT2D eigenvalue weighted by Gasteiger charge is -2.46. The quantitative estimate of drug-likeness (QED) is 0.0204. The first kappa shape index (κ1) is 83.7. The molecule has 0 aliphatic carbocycles. The predicted octanol–water partition coefficient (Wildman–Crippen LogP) is 15.5. The van der Waals surface area contributed by atoms with E-state index in [-0.39, 0.29) is 18.9 Å². The van der Waals surface area contributed by atoms with E-state index in [0.717, 1.165) is 89.9 Å². The molecule has 1 amide bonds. The average Bonchev–Trinajstić information content (AvgIpc) is 1.07. The second kappa shape index (κ2) is 60.3. The van der Waals surface area contributed by atoms with Crippen LogP contribution in [0.25, 0.3) is 0 Å². The van der Waals surface area contributed by atoms with Gasteiger partial charge in [-0.3, -0.25) is 4.79 Å². The Morgan fingerprint density at radius 3 is 1.21 bits per heavy atom. The number of aliphatic hydroxyl groups is 8. The zero-order valence-electron chi connectivity index (χ0n) is 57.1. The van der Waals surface area contributed by atoms with Gasteiger partial charge in [0.15, 0.2) is 12.6 Å². The number of hydrogen-bond donors (Lipinski definition) is 9. The predicted molar refractivity (Wildman–Crippen MR) is 373 cm³/mol. The number of aliphatic hydroxyl groups excluding tert-OH is 8. The minimum Gasteiger partial charge on any atom is -0.394 e. The second-order valence-electron chi connectivity index (χ2n) is 25.3. The van der Waals surface area contributed by atoms with Gasteiger partial charge in [-0.15, -0.1) is 0 Å². The van der Waals surface area contributed by atoms with Crippen molar-refractivity contribution >= 4 is 5.91 Å². The van der Waals surface area contributed by atoms with Crippen LogP contribution in [-0.2, 0) is 23.7 Å². The zero-order chi connectivity index (χ0) is 65.9. The molecule has 0 aromatic rings. The molecule has 0 spiro atoms. The molecule has 2 rings (SSSR count). The molecule has 0 bridgehead atoms. The molecule has 0 aromatic heterocycles. The highest BCUT2D eigenvalue weighted by molar-refractivity contribution is 5.76. The summed E-state index contributed by atoms with van der Waals surface area (Å²) in [7, 11) is 0. The number of amides is 1. The van der Waals surface area contributed by atoms with Gasteiger partial charge in [0, 0.05) is 6.42 Å². The standard InChI is InChI=1S/C77H133NO13/c1-3-5-7-9-11-13-15-17-19-21-23-25-27-29-31-32-33-35-36-38-40-42-44-46-48-50-52-54-56-58-60-66(81)65(64-88-76-74(87)72(85)75(68(63-80)90-76)91-77-73(86)71(84)70(83)67(62-79)89-77)78-69(82)61-59-57-55-53-51-49-47-45-43-41-39-37-34-30-28-26-24-22-20-18-16-14-12-10-8-6-4-2/h6,8,12,14,18,20,24,26,30,34,39,41,45,47,50,52,58,60,65-68,70-77,79-81,83-87H,3-5,7,9-11,13,15-17,19,21-23,25,27-29,31-33,35-38,40,42-44,46,48-49,51,53-57,59,61-64H2,1-2H3,(H,78,82)/b8-6-,14-12-,20-18-,26-24-,34-30-,41-39-,47-45-,52-50+,60-58+. The topological polar surface area (TPSA) is 228 Å². The van der Waals surface area contributed by atoms with E-state index in [0.29, 0.717) is 12.8 Å². The van der Waals surface area contributed by atoms with Gasteiger partial charge in [0.05, 0.1) is 32.0 Å². The molecule has 14 nitrogen and oxygen atoms in total. The molecule has 524 valence electrons. The van der Waals surface area contributed by atoms with Gasteiger partial charge >= 0.3 is 0 Å². The molecule has 14 heteroatoms. The number of allylic oxidation sites excluding steroid dienone is 17. The molecule has 0 radical (unpaired) electrons. The van der Waals surface area contributed by atoms with Crippen molar-refractivity contribution in [1.82, 2.24) is 5.32 Å².